The lowest BCUT2D eigenvalue weighted by atomic mass is 9.54. The minimum Gasteiger partial charge on any atom is -0.504 e. The Kier molecular flexibility index (Phi) is 2.99. The maximum absolute atomic E-state index is 12.7. The molecule has 25 heavy (non-hydrogen) atoms. The Balaban J connectivity index is 0.00000140. The summed E-state index contributed by atoms with van der Waals surface area (Å²) in [5.41, 5.74) is 0.432. The monoisotopic (exact) mass is 363 g/mol. The zero-order valence-corrected chi connectivity index (χ0v) is 14.7. The molecule has 1 aromatic carbocycles. The van der Waals surface area contributed by atoms with Crippen LogP contribution in [0.4, 0.5) is 0 Å². The number of hydrogen-bond donors (Lipinski definition) is 2. The van der Waals surface area contributed by atoms with Gasteiger partial charge in [0.25, 0.3) is 0 Å². The Morgan fingerprint density at radius 3 is 2.88 bits per heavy atom. The van der Waals surface area contributed by atoms with Crippen molar-refractivity contribution in [2.24, 2.45) is 5.92 Å². The normalized spacial score (nSPS) is 40.4. The molecular weight excluding hydrogens is 342 g/mol. The van der Waals surface area contributed by atoms with Gasteiger partial charge in [0, 0.05) is 31.1 Å². The van der Waals surface area contributed by atoms with E-state index in [-0.39, 0.29) is 30.0 Å². The van der Waals surface area contributed by atoms with E-state index in [9.17, 15) is 15.0 Å². The van der Waals surface area contributed by atoms with E-state index in [1.807, 2.05) is 6.07 Å². The van der Waals surface area contributed by atoms with Crippen molar-refractivity contribution in [1.29, 1.82) is 0 Å². The Bertz CT molecular complexity index is 794. The third-order valence-electron chi connectivity index (χ3n) is 7.22. The first-order valence-corrected chi connectivity index (χ1v) is 9.06. The number of nitrogens with zero attached hydrogens (tertiary/aromatic N) is 1. The number of ketones is 1. The first-order chi connectivity index (χ1) is 11.5. The highest BCUT2D eigenvalue weighted by Crippen LogP contribution is 2.65. The molecule has 134 valence electrons. The molecule has 6 rings (SSSR count). The first-order valence-electron chi connectivity index (χ1n) is 9.06. The fraction of sp³-hybridized carbons (Fsp3) is 0.632. The summed E-state index contributed by atoms with van der Waals surface area (Å²) in [5.74, 6) is 1.33. The zero-order chi connectivity index (χ0) is 16.3. The molecule has 6 heteroatoms. The highest BCUT2D eigenvalue weighted by molar-refractivity contribution is 5.90. The van der Waals surface area contributed by atoms with Crippen LogP contribution >= 0.6 is 12.4 Å². The standard InChI is InChI=1S/C19H21NO4.ClH/c21-12-4-3-11-7-14-19(23)6-5-13(22)17-18(19,15(11)16(12)24-17)9-20(14)8-10-1-2-10;/h3-4,10,14,17,21,23H,1-2,5-9H2;1H/t14-,17+,18+,19-;/m0./s1. The molecule has 2 heterocycles. The molecule has 3 fully saturated rings. The quantitative estimate of drug-likeness (QED) is 0.834. The molecule has 2 N–H and O–H groups in total. The lowest BCUT2D eigenvalue weighted by Gasteiger charge is -2.50. The number of ether oxygens (including phenoxy) is 1. The van der Waals surface area contributed by atoms with Gasteiger partial charge >= 0.3 is 0 Å². The van der Waals surface area contributed by atoms with Gasteiger partial charge in [-0.25, -0.2) is 0 Å². The second-order valence-corrected chi connectivity index (χ2v) is 8.40. The van der Waals surface area contributed by atoms with E-state index in [4.69, 9.17) is 4.74 Å². The van der Waals surface area contributed by atoms with E-state index < -0.39 is 17.1 Å². The number of Topliss-reactive ketones (excluding diaryl/α,β-unsaturated/α-hetero) is 1. The van der Waals surface area contributed by atoms with E-state index in [1.165, 1.54) is 12.8 Å². The number of halogens is 1. The average Bonchev–Trinajstić information content (AvgIpc) is 3.27. The highest BCUT2D eigenvalue weighted by atomic mass is 35.5. The van der Waals surface area contributed by atoms with Crippen LogP contribution < -0.4 is 4.74 Å². The van der Waals surface area contributed by atoms with Gasteiger partial charge in [0.15, 0.2) is 23.4 Å². The molecule has 2 aliphatic heterocycles. The summed E-state index contributed by atoms with van der Waals surface area (Å²) in [6.45, 7) is 1.68. The molecule has 0 radical (unpaired) electrons. The third-order valence-corrected chi connectivity index (χ3v) is 7.22. The van der Waals surface area contributed by atoms with Crippen molar-refractivity contribution in [2.75, 3.05) is 13.1 Å². The minimum absolute atomic E-state index is 0. The van der Waals surface area contributed by atoms with E-state index >= 15 is 0 Å². The number of phenolic OH excluding ortho intramolecular Hbond substituents is 1. The van der Waals surface area contributed by atoms with Crippen LogP contribution in [0.3, 0.4) is 0 Å². The summed E-state index contributed by atoms with van der Waals surface area (Å²) in [7, 11) is 0. The van der Waals surface area contributed by atoms with Gasteiger partial charge in [-0.05, 0) is 43.2 Å². The number of hydrogen-bond acceptors (Lipinski definition) is 5. The molecule has 2 saturated carbocycles. The van der Waals surface area contributed by atoms with Crippen LogP contribution in [-0.4, -0.2) is 51.7 Å². The van der Waals surface area contributed by atoms with Crippen LogP contribution in [0.5, 0.6) is 11.5 Å². The molecular formula is C19H22ClNO4. The number of carbonyl (C=O) groups is 1. The van der Waals surface area contributed by atoms with Gasteiger partial charge < -0.3 is 14.9 Å². The van der Waals surface area contributed by atoms with Crippen molar-refractivity contribution in [2.45, 2.75) is 55.3 Å². The smallest absolute Gasteiger partial charge is 0.174 e. The van der Waals surface area contributed by atoms with Crippen molar-refractivity contribution < 1.29 is 19.7 Å². The van der Waals surface area contributed by atoms with Crippen LogP contribution in [0.15, 0.2) is 12.1 Å². The highest BCUT2D eigenvalue weighted by Gasteiger charge is 2.75. The number of carbonyl (C=O) groups excluding carboxylic acids is 1. The molecule has 0 unspecified atom stereocenters. The van der Waals surface area contributed by atoms with Gasteiger partial charge in [0.05, 0.1) is 11.0 Å². The van der Waals surface area contributed by atoms with Crippen molar-refractivity contribution in [3.63, 3.8) is 0 Å². The van der Waals surface area contributed by atoms with Gasteiger partial charge in [-0.15, -0.1) is 12.4 Å². The van der Waals surface area contributed by atoms with Crippen LogP contribution in [0.2, 0.25) is 0 Å². The molecule has 1 spiro atoms. The summed E-state index contributed by atoms with van der Waals surface area (Å²) >= 11 is 0. The predicted molar refractivity (Wildman–Crippen MR) is 92.4 cm³/mol. The number of aliphatic hydroxyl groups is 1. The van der Waals surface area contributed by atoms with Crippen LogP contribution in [0.1, 0.15) is 36.8 Å². The topological polar surface area (TPSA) is 70.0 Å². The minimum atomic E-state index is -0.924. The predicted octanol–water partition coefficient (Wildman–Crippen LogP) is 1.56. The molecule has 1 aromatic rings. The Morgan fingerprint density at radius 1 is 1.32 bits per heavy atom. The summed E-state index contributed by atoms with van der Waals surface area (Å²) in [6.07, 6.45) is 3.54. The lowest BCUT2D eigenvalue weighted by molar-refractivity contribution is -0.147. The number of likely N-dealkylation sites (tertiary alicyclic amines) is 1. The lowest BCUT2D eigenvalue weighted by Crippen LogP contribution is -2.66. The van der Waals surface area contributed by atoms with E-state index in [0.717, 1.165) is 30.0 Å². The van der Waals surface area contributed by atoms with Gasteiger partial charge in [-0.3, -0.25) is 9.69 Å². The van der Waals surface area contributed by atoms with Gasteiger partial charge in [0.1, 0.15) is 0 Å². The molecule has 5 aliphatic rings. The average molecular weight is 364 g/mol. The molecule has 2 bridgehead atoms. The van der Waals surface area contributed by atoms with E-state index in [2.05, 4.69) is 4.90 Å². The molecule has 0 aromatic heterocycles. The van der Waals surface area contributed by atoms with Crippen molar-refractivity contribution >= 4 is 18.2 Å². The molecule has 1 saturated heterocycles. The fourth-order valence-electron chi connectivity index (χ4n) is 6.02. The Labute approximate surface area is 152 Å². The first kappa shape index (κ1) is 15.9. The summed E-state index contributed by atoms with van der Waals surface area (Å²) in [6, 6.07) is 3.68. The van der Waals surface area contributed by atoms with Crippen LogP contribution in [0, 0.1) is 5.92 Å². The molecule has 5 nitrogen and oxygen atoms in total. The SMILES string of the molecule is Cl.O=C1CC[C@]2(O)[C@@H]3Cc4ccc(O)c5c4[C@]2(CN3CC2CC2)[C@@H]1O5. The van der Waals surface area contributed by atoms with Crippen LogP contribution in [-0.2, 0) is 16.6 Å². The summed E-state index contributed by atoms with van der Waals surface area (Å²) in [4.78, 5) is 15.1. The molecule has 3 aliphatic carbocycles. The summed E-state index contributed by atoms with van der Waals surface area (Å²) in [5, 5.41) is 22.1. The number of benzene rings is 1. The summed E-state index contributed by atoms with van der Waals surface area (Å²) < 4.78 is 6.01. The second kappa shape index (κ2) is 4.70. The fourth-order valence-corrected chi connectivity index (χ4v) is 6.02. The van der Waals surface area contributed by atoms with Crippen molar-refractivity contribution in [3.05, 3.63) is 23.3 Å². The second-order valence-electron chi connectivity index (χ2n) is 8.40. The molecule has 4 atom stereocenters. The van der Waals surface area contributed by atoms with Gasteiger partial charge in [-0.1, -0.05) is 6.07 Å². The van der Waals surface area contributed by atoms with Crippen LogP contribution in [0.25, 0.3) is 0 Å². The van der Waals surface area contributed by atoms with Crippen molar-refractivity contribution in [3.8, 4) is 11.5 Å². The maximum atomic E-state index is 12.7. The van der Waals surface area contributed by atoms with Gasteiger partial charge in [0.2, 0.25) is 0 Å². The van der Waals surface area contributed by atoms with Crippen molar-refractivity contribution in [1.82, 2.24) is 4.90 Å². The van der Waals surface area contributed by atoms with E-state index in [0.29, 0.717) is 25.1 Å². The van der Waals surface area contributed by atoms with E-state index in [1.54, 1.807) is 6.07 Å². The maximum Gasteiger partial charge on any atom is 0.174 e. The molecule has 0 amide bonds. The number of phenols is 1. The Morgan fingerprint density at radius 2 is 2.12 bits per heavy atom. The van der Waals surface area contributed by atoms with Gasteiger partial charge in [-0.2, -0.15) is 0 Å². The Hall–Kier alpha value is -1.30. The third kappa shape index (κ3) is 1.65. The number of aromatic hydroxyl groups is 1. The number of rotatable bonds is 2. The largest absolute Gasteiger partial charge is 0.504 e. The zero-order valence-electron chi connectivity index (χ0n) is 13.9.